The van der Waals surface area contributed by atoms with Crippen LogP contribution in [-0.2, 0) is 11.3 Å². The Kier molecular flexibility index (Phi) is 5.89. The van der Waals surface area contributed by atoms with E-state index in [1.165, 1.54) is 0 Å². The van der Waals surface area contributed by atoms with Crippen LogP contribution in [-0.4, -0.2) is 46.8 Å². The van der Waals surface area contributed by atoms with Crippen molar-refractivity contribution in [3.05, 3.63) is 65.4 Å². The average Bonchev–Trinajstić information content (AvgIpc) is 3.44. The summed E-state index contributed by atoms with van der Waals surface area (Å²) >= 11 is 1.65. The molecule has 0 saturated carbocycles. The first-order chi connectivity index (χ1) is 13.8. The van der Waals surface area contributed by atoms with Crippen LogP contribution in [0.25, 0.3) is 0 Å². The highest BCUT2D eigenvalue weighted by atomic mass is 32.1. The van der Waals surface area contributed by atoms with Crippen LogP contribution in [0.15, 0.2) is 60.5 Å². The Morgan fingerprint density at radius 2 is 2.25 bits per heavy atom. The van der Waals surface area contributed by atoms with Crippen molar-refractivity contribution in [2.24, 2.45) is 0 Å². The number of amides is 2. The lowest BCUT2D eigenvalue weighted by Crippen LogP contribution is -2.44. The van der Waals surface area contributed by atoms with E-state index in [2.05, 4.69) is 10.3 Å². The molecule has 0 aliphatic carbocycles. The van der Waals surface area contributed by atoms with Gasteiger partial charge in [0.05, 0.1) is 31.7 Å². The van der Waals surface area contributed by atoms with E-state index >= 15 is 0 Å². The van der Waals surface area contributed by atoms with Crippen LogP contribution in [0.5, 0.6) is 5.75 Å². The van der Waals surface area contributed by atoms with E-state index in [-0.39, 0.29) is 12.1 Å². The second-order valence-electron chi connectivity index (χ2n) is 6.40. The Hall–Kier alpha value is -2.84. The van der Waals surface area contributed by atoms with E-state index in [1.807, 2.05) is 52.5 Å². The number of thiophene rings is 1. The molecule has 1 aliphatic heterocycles. The summed E-state index contributed by atoms with van der Waals surface area (Å²) < 4.78 is 13.6. The van der Waals surface area contributed by atoms with Crippen LogP contribution in [0, 0.1) is 0 Å². The predicted molar refractivity (Wildman–Crippen MR) is 108 cm³/mol. The quantitative estimate of drug-likeness (QED) is 0.688. The van der Waals surface area contributed by atoms with Crippen molar-refractivity contribution in [1.82, 2.24) is 14.5 Å². The van der Waals surface area contributed by atoms with Gasteiger partial charge in [-0.1, -0.05) is 18.2 Å². The van der Waals surface area contributed by atoms with Crippen molar-refractivity contribution in [1.29, 1.82) is 0 Å². The van der Waals surface area contributed by atoms with E-state index in [0.717, 1.165) is 4.88 Å². The van der Waals surface area contributed by atoms with Crippen molar-refractivity contribution in [2.75, 3.05) is 31.6 Å². The van der Waals surface area contributed by atoms with Crippen LogP contribution in [0.4, 0.5) is 10.5 Å². The smallest absolute Gasteiger partial charge is 0.322 e. The van der Waals surface area contributed by atoms with Crippen LogP contribution >= 0.6 is 11.3 Å². The molecule has 28 heavy (non-hydrogen) atoms. The fourth-order valence-corrected chi connectivity index (χ4v) is 3.82. The number of hydrogen-bond acceptors (Lipinski definition) is 5. The number of nitrogens with zero attached hydrogens (tertiary/aromatic N) is 3. The zero-order chi connectivity index (χ0) is 19.2. The first-order valence-corrected chi connectivity index (χ1v) is 10.1. The first kappa shape index (κ1) is 18.5. The molecule has 0 bridgehead atoms. The molecule has 3 aromatic rings. The molecule has 1 saturated heterocycles. The minimum absolute atomic E-state index is 0.0684. The molecule has 1 fully saturated rings. The number of imidazole rings is 1. The second kappa shape index (κ2) is 8.90. The van der Waals surface area contributed by atoms with Gasteiger partial charge in [0.15, 0.2) is 0 Å². The van der Waals surface area contributed by atoms with E-state index in [0.29, 0.717) is 44.3 Å². The van der Waals surface area contributed by atoms with Gasteiger partial charge >= 0.3 is 6.03 Å². The molecule has 3 heterocycles. The lowest BCUT2D eigenvalue weighted by atomic mass is 10.2. The number of aromatic nitrogens is 2. The number of para-hydroxylation sites is 2. The number of carbonyl (C=O) groups is 1. The number of anilines is 1. The molecule has 0 spiro atoms. The summed E-state index contributed by atoms with van der Waals surface area (Å²) in [5.41, 5.74) is 0.664. The fourth-order valence-electron chi connectivity index (χ4n) is 3.05. The molecule has 1 aromatic carbocycles. The van der Waals surface area contributed by atoms with Crippen molar-refractivity contribution in [3.63, 3.8) is 0 Å². The fraction of sp³-hybridized carbons (Fsp3) is 0.300. The van der Waals surface area contributed by atoms with Crippen molar-refractivity contribution in [3.8, 4) is 5.75 Å². The molecule has 2 amide bonds. The zero-order valence-corrected chi connectivity index (χ0v) is 16.2. The molecule has 1 unspecified atom stereocenters. The van der Waals surface area contributed by atoms with Gasteiger partial charge in [0, 0.05) is 23.8 Å². The normalized spacial score (nSPS) is 16.7. The number of carbonyl (C=O) groups excluding carboxylic acids is 1. The second-order valence-corrected chi connectivity index (χ2v) is 7.38. The molecule has 146 valence electrons. The number of urea groups is 1. The summed E-state index contributed by atoms with van der Waals surface area (Å²) in [4.78, 5) is 19.7. The number of rotatable bonds is 6. The zero-order valence-electron chi connectivity index (χ0n) is 15.4. The van der Waals surface area contributed by atoms with E-state index in [1.54, 1.807) is 28.8 Å². The van der Waals surface area contributed by atoms with Crippen molar-refractivity contribution >= 4 is 23.1 Å². The highest BCUT2D eigenvalue weighted by Crippen LogP contribution is 2.28. The molecule has 4 rings (SSSR count). The van der Waals surface area contributed by atoms with Gasteiger partial charge in [-0.25, -0.2) is 9.78 Å². The molecule has 7 nitrogen and oxygen atoms in total. The van der Waals surface area contributed by atoms with E-state index in [4.69, 9.17) is 9.47 Å². The Bertz CT molecular complexity index is 883. The maximum atomic E-state index is 12.8. The third kappa shape index (κ3) is 4.52. The van der Waals surface area contributed by atoms with Gasteiger partial charge in [-0.3, -0.25) is 0 Å². The predicted octanol–water partition coefficient (Wildman–Crippen LogP) is 3.63. The third-order valence-corrected chi connectivity index (χ3v) is 5.47. The van der Waals surface area contributed by atoms with Crippen LogP contribution in [0.3, 0.4) is 0 Å². The average molecular weight is 398 g/mol. The van der Waals surface area contributed by atoms with E-state index in [9.17, 15) is 4.79 Å². The van der Waals surface area contributed by atoms with Gasteiger partial charge in [0.2, 0.25) is 0 Å². The summed E-state index contributed by atoms with van der Waals surface area (Å²) in [7, 11) is 0. The summed E-state index contributed by atoms with van der Waals surface area (Å²) in [5, 5.41) is 5.00. The topological polar surface area (TPSA) is 68.6 Å². The first-order valence-electron chi connectivity index (χ1n) is 9.18. The van der Waals surface area contributed by atoms with Gasteiger partial charge in [-0.15, -0.1) is 11.3 Å². The number of benzene rings is 1. The molecule has 2 aromatic heterocycles. The molecule has 8 heteroatoms. The van der Waals surface area contributed by atoms with Gasteiger partial charge < -0.3 is 24.3 Å². The number of ether oxygens (including phenoxy) is 2. The highest BCUT2D eigenvalue weighted by molar-refractivity contribution is 7.10. The van der Waals surface area contributed by atoms with E-state index < -0.39 is 0 Å². The minimum atomic E-state index is -0.143. The van der Waals surface area contributed by atoms with Crippen molar-refractivity contribution < 1.29 is 14.3 Å². The summed E-state index contributed by atoms with van der Waals surface area (Å²) in [5.74, 6) is 0.652. The molecule has 1 aliphatic rings. The number of morpholine rings is 1. The Balaban J connectivity index is 1.36. The van der Waals surface area contributed by atoms with Gasteiger partial charge in [-0.05, 0) is 23.6 Å². The van der Waals surface area contributed by atoms with Gasteiger partial charge in [0.1, 0.15) is 18.5 Å². The highest BCUT2D eigenvalue weighted by Gasteiger charge is 2.26. The third-order valence-electron chi connectivity index (χ3n) is 4.51. The SMILES string of the molecule is O=C(Nc1ccccc1OCCn1ccnc1)N1CCOC(c2cccs2)C1. The van der Waals surface area contributed by atoms with Crippen molar-refractivity contribution in [2.45, 2.75) is 12.6 Å². The summed E-state index contributed by atoms with van der Waals surface area (Å²) in [6.45, 7) is 2.81. The maximum absolute atomic E-state index is 12.8. The molecular weight excluding hydrogens is 376 g/mol. The summed E-state index contributed by atoms with van der Waals surface area (Å²) in [6.07, 6.45) is 5.31. The van der Waals surface area contributed by atoms with Gasteiger partial charge in [-0.2, -0.15) is 0 Å². The molecule has 0 radical (unpaired) electrons. The van der Waals surface area contributed by atoms with Crippen LogP contribution in [0.2, 0.25) is 0 Å². The van der Waals surface area contributed by atoms with Crippen LogP contribution in [0.1, 0.15) is 11.0 Å². The molecule has 1 atom stereocenters. The Morgan fingerprint density at radius 1 is 1.32 bits per heavy atom. The minimum Gasteiger partial charge on any atom is -0.490 e. The Labute approximate surface area is 167 Å². The molecular formula is C20H22N4O3S. The molecule has 1 N–H and O–H groups in total. The maximum Gasteiger partial charge on any atom is 0.322 e. The Morgan fingerprint density at radius 3 is 3.07 bits per heavy atom. The number of nitrogens with one attached hydrogen (secondary N) is 1. The standard InChI is InChI=1S/C20H22N4O3S/c25-20(24-10-12-27-18(14-24)19-6-3-13-28-19)22-16-4-1-2-5-17(16)26-11-9-23-8-7-21-15-23/h1-8,13,15,18H,9-12,14H2,(H,22,25). The van der Waals surface area contributed by atoms with Crippen LogP contribution < -0.4 is 10.1 Å². The largest absolute Gasteiger partial charge is 0.490 e. The monoisotopic (exact) mass is 398 g/mol. The van der Waals surface area contributed by atoms with Gasteiger partial charge in [0.25, 0.3) is 0 Å². The summed E-state index contributed by atoms with van der Waals surface area (Å²) in [6, 6.07) is 11.4. The number of hydrogen-bond donors (Lipinski definition) is 1. The lowest BCUT2D eigenvalue weighted by Gasteiger charge is -2.32. The lowest BCUT2D eigenvalue weighted by molar-refractivity contribution is -0.0116.